The Hall–Kier alpha value is -4.08. The van der Waals surface area contributed by atoms with Crippen LogP contribution in [-0.4, -0.2) is 19.3 Å². The van der Waals surface area contributed by atoms with Crippen molar-refractivity contribution in [3.05, 3.63) is 127 Å². The molecule has 3 unspecified atom stereocenters. The molecule has 3 aliphatic rings. The normalized spacial score (nSPS) is 23.6. The van der Waals surface area contributed by atoms with Gasteiger partial charge in [-0.1, -0.05) is 84.9 Å². The molecule has 8 heteroatoms. The molecule has 8 rings (SSSR count). The molecule has 42 heavy (non-hydrogen) atoms. The highest BCUT2D eigenvalue weighted by molar-refractivity contribution is 7.84. The Kier molecular flexibility index (Phi) is 5.94. The topological polar surface area (TPSA) is 74.4 Å². The first-order chi connectivity index (χ1) is 20.5. The first kappa shape index (κ1) is 25.6. The lowest BCUT2D eigenvalue weighted by Gasteiger charge is -2.39. The highest BCUT2D eigenvalue weighted by Crippen LogP contribution is 2.78. The standard InChI is InChI=1S/C34H26O6P2/c35-41(32-15-7-3-11-28(32)26-9-1-5-13-30(26)39-41)34(23-17-19-24(20-18-23)37-21-25-22-38-25)42(36)33-16-8-4-12-29(33)27-10-2-6-14-31(27)40-42/h1-20,25,34H,21-22H2. The third-order valence-electron chi connectivity index (χ3n) is 7.96. The van der Waals surface area contributed by atoms with Gasteiger partial charge in [-0.3, -0.25) is 9.13 Å². The molecule has 5 aromatic rings. The number of fused-ring (bicyclic) bond motifs is 6. The van der Waals surface area contributed by atoms with Gasteiger partial charge in [0.05, 0.1) is 17.2 Å². The zero-order valence-corrected chi connectivity index (χ0v) is 24.2. The van der Waals surface area contributed by atoms with Crippen LogP contribution in [0.3, 0.4) is 0 Å². The van der Waals surface area contributed by atoms with E-state index in [-0.39, 0.29) is 6.10 Å². The van der Waals surface area contributed by atoms with E-state index in [1.54, 1.807) is 0 Å². The summed E-state index contributed by atoms with van der Waals surface area (Å²) in [6.45, 7) is 1.16. The summed E-state index contributed by atoms with van der Waals surface area (Å²) in [5.41, 5.74) is 3.87. The lowest BCUT2D eigenvalue weighted by molar-refractivity contribution is 0.263. The van der Waals surface area contributed by atoms with E-state index in [4.69, 9.17) is 18.5 Å². The first-order valence-electron chi connectivity index (χ1n) is 13.9. The fourth-order valence-corrected chi connectivity index (χ4v) is 13.2. The number of benzene rings is 5. The van der Waals surface area contributed by atoms with Crippen LogP contribution in [0.25, 0.3) is 22.3 Å². The van der Waals surface area contributed by atoms with Crippen molar-refractivity contribution in [2.75, 3.05) is 13.2 Å². The molecular formula is C34H26O6P2. The minimum Gasteiger partial charge on any atom is -0.491 e. The molecule has 0 bridgehead atoms. The van der Waals surface area contributed by atoms with E-state index in [1.807, 2.05) is 121 Å². The Morgan fingerprint density at radius 2 is 1.07 bits per heavy atom. The molecule has 0 aliphatic carbocycles. The van der Waals surface area contributed by atoms with Crippen LogP contribution in [0, 0.1) is 0 Å². The van der Waals surface area contributed by atoms with E-state index in [0.717, 1.165) is 22.3 Å². The number of ether oxygens (including phenoxy) is 2. The molecule has 1 saturated heterocycles. The van der Waals surface area contributed by atoms with Gasteiger partial charge in [-0.25, -0.2) is 0 Å². The Bertz CT molecular complexity index is 1820. The Morgan fingerprint density at radius 1 is 0.619 bits per heavy atom. The molecule has 0 spiro atoms. The molecule has 3 aliphatic heterocycles. The van der Waals surface area contributed by atoms with Crippen molar-refractivity contribution < 1.29 is 27.7 Å². The summed E-state index contributed by atoms with van der Waals surface area (Å²) in [4.78, 5) is 0. The minimum atomic E-state index is -3.95. The second-order valence-corrected chi connectivity index (χ2v) is 15.8. The van der Waals surface area contributed by atoms with Gasteiger partial charge in [0, 0.05) is 11.1 Å². The number of rotatable bonds is 6. The summed E-state index contributed by atoms with van der Waals surface area (Å²) < 4.78 is 55.7. The summed E-state index contributed by atoms with van der Waals surface area (Å²) in [6, 6.07) is 37.4. The molecule has 1 fully saturated rings. The van der Waals surface area contributed by atoms with Crippen LogP contribution in [0.2, 0.25) is 0 Å². The third kappa shape index (κ3) is 4.06. The van der Waals surface area contributed by atoms with Crippen LogP contribution in [0.4, 0.5) is 0 Å². The van der Waals surface area contributed by atoms with Gasteiger partial charge in [0.15, 0.2) is 5.40 Å². The van der Waals surface area contributed by atoms with Crippen LogP contribution in [-0.2, 0) is 13.9 Å². The lowest BCUT2D eigenvalue weighted by atomic mass is 10.0. The molecule has 0 aromatic heterocycles. The van der Waals surface area contributed by atoms with E-state index < -0.39 is 20.1 Å². The SMILES string of the molecule is O=P1(C(c2ccc(OCC3CO3)cc2)P2(=O)Oc3ccccc3-c3ccccc32)Oc2ccccc2-c2ccccc21. The maximum atomic E-state index is 15.7. The summed E-state index contributed by atoms with van der Waals surface area (Å²) in [7, 11) is -7.91. The van der Waals surface area contributed by atoms with Crippen LogP contribution < -0.4 is 24.4 Å². The van der Waals surface area contributed by atoms with E-state index in [9.17, 15) is 0 Å². The summed E-state index contributed by atoms with van der Waals surface area (Å²) in [6.07, 6.45) is 0.114. The quantitative estimate of drug-likeness (QED) is 0.148. The fraction of sp³-hybridized carbons (Fsp3) is 0.118. The van der Waals surface area contributed by atoms with E-state index in [1.165, 1.54) is 0 Å². The van der Waals surface area contributed by atoms with Crippen LogP contribution in [0.1, 0.15) is 11.0 Å². The summed E-state index contributed by atoms with van der Waals surface area (Å²) >= 11 is 0. The average molecular weight is 593 g/mol. The number of hydrogen-bond acceptors (Lipinski definition) is 6. The monoisotopic (exact) mass is 592 g/mol. The van der Waals surface area contributed by atoms with Gasteiger partial charge in [-0.2, -0.15) is 0 Å². The summed E-state index contributed by atoms with van der Waals surface area (Å²) in [5.74, 6) is 1.63. The van der Waals surface area contributed by atoms with Crippen molar-refractivity contribution in [2.24, 2.45) is 0 Å². The minimum absolute atomic E-state index is 0.114. The van der Waals surface area contributed by atoms with Gasteiger partial charge in [0.1, 0.15) is 30.0 Å². The maximum absolute atomic E-state index is 15.7. The first-order valence-corrected chi connectivity index (χ1v) is 17.2. The van der Waals surface area contributed by atoms with Gasteiger partial charge in [-0.15, -0.1) is 0 Å². The van der Waals surface area contributed by atoms with E-state index in [2.05, 4.69) is 0 Å². The van der Waals surface area contributed by atoms with Crippen molar-refractivity contribution in [3.8, 4) is 39.5 Å². The highest BCUT2D eigenvalue weighted by Gasteiger charge is 2.57. The third-order valence-corrected chi connectivity index (χ3v) is 14.7. The molecule has 208 valence electrons. The van der Waals surface area contributed by atoms with Gasteiger partial charge in [0.25, 0.3) is 14.7 Å². The van der Waals surface area contributed by atoms with Crippen molar-refractivity contribution in [1.29, 1.82) is 0 Å². The molecule has 3 heterocycles. The molecule has 0 N–H and O–H groups in total. The molecule has 5 aromatic carbocycles. The van der Waals surface area contributed by atoms with E-state index in [0.29, 0.717) is 46.6 Å². The Labute approximate surface area is 243 Å². The second kappa shape index (κ2) is 9.74. The van der Waals surface area contributed by atoms with Crippen LogP contribution in [0.5, 0.6) is 17.2 Å². The maximum Gasteiger partial charge on any atom is 0.296 e. The van der Waals surface area contributed by atoms with Crippen molar-refractivity contribution in [2.45, 2.75) is 11.5 Å². The smallest absolute Gasteiger partial charge is 0.296 e. The van der Waals surface area contributed by atoms with Gasteiger partial charge < -0.3 is 18.5 Å². The fourth-order valence-electron chi connectivity index (χ4n) is 5.92. The Balaban J connectivity index is 1.35. The molecule has 6 nitrogen and oxygen atoms in total. The van der Waals surface area contributed by atoms with E-state index >= 15 is 9.13 Å². The van der Waals surface area contributed by atoms with Crippen molar-refractivity contribution in [1.82, 2.24) is 0 Å². The predicted octanol–water partition coefficient (Wildman–Crippen LogP) is 7.79. The molecule has 0 amide bonds. The van der Waals surface area contributed by atoms with Crippen LogP contribution in [0.15, 0.2) is 121 Å². The second-order valence-electron chi connectivity index (χ2n) is 10.6. The zero-order chi connectivity index (χ0) is 28.3. The van der Waals surface area contributed by atoms with Crippen LogP contribution >= 0.6 is 14.7 Å². The molecule has 0 saturated carbocycles. The summed E-state index contributed by atoms with van der Waals surface area (Å²) in [5, 5.41) is -0.0834. The number of hydrogen-bond donors (Lipinski definition) is 0. The van der Waals surface area contributed by atoms with Crippen molar-refractivity contribution >= 4 is 25.3 Å². The predicted molar refractivity (Wildman–Crippen MR) is 164 cm³/mol. The number of epoxide rings is 1. The lowest BCUT2D eigenvalue weighted by Crippen LogP contribution is -2.28. The average Bonchev–Trinajstić information content (AvgIpc) is 3.86. The number of para-hydroxylation sites is 2. The van der Waals surface area contributed by atoms with Gasteiger partial charge >= 0.3 is 0 Å². The molecular weight excluding hydrogens is 566 g/mol. The zero-order valence-electron chi connectivity index (χ0n) is 22.5. The molecule has 0 radical (unpaired) electrons. The van der Waals surface area contributed by atoms with Gasteiger partial charge in [-0.05, 0) is 53.1 Å². The Morgan fingerprint density at radius 3 is 1.57 bits per heavy atom. The highest BCUT2D eigenvalue weighted by atomic mass is 31.2. The van der Waals surface area contributed by atoms with Gasteiger partial charge in [0.2, 0.25) is 0 Å². The largest absolute Gasteiger partial charge is 0.491 e. The van der Waals surface area contributed by atoms with Crippen molar-refractivity contribution in [3.63, 3.8) is 0 Å². The molecule has 3 atom stereocenters.